The van der Waals surface area contributed by atoms with Gasteiger partial charge in [0, 0.05) is 33.9 Å². The molecule has 0 saturated carbocycles. The largest absolute Gasteiger partial charge is 0.310 e. The fourth-order valence-electron chi connectivity index (χ4n) is 6.56. The zero-order valence-corrected chi connectivity index (χ0v) is 24.1. The van der Waals surface area contributed by atoms with E-state index in [-0.39, 0.29) is 0 Å². The van der Waals surface area contributed by atoms with Crippen molar-refractivity contribution in [1.82, 2.24) is 14.5 Å². The van der Waals surface area contributed by atoms with Gasteiger partial charge in [-0.05, 0) is 78.6 Å². The fraction of sp³-hybridized carbons (Fsp3) is 0.0526. The number of hydrogen-bond donors (Lipinski definition) is 0. The van der Waals surface area contributed by atoms with E-state index in [0.29, 0.717) is 0 Å². The number of fused-ring (bicyclic) bond motifs is 6. The van der Waals surface area contributed by atoms with Crippen molar-refractivity contribution in [3.63, 3.8) is 0 Å². The van der Waals surface area contributed by atoms with Gasteiger partial charge in [-0.3, -0.25) is 4.57 Å². The van der Waals surface area contributed by atoms with Crippen LogP contribution >= 0.6 is 11.3 Å². The van der Waals surface area contributed by atoms with E-state index in [1.54, 1.807) is 11.3 Å². The molecule has 4 heterocycles. The second kappa shape index (κ2) is 9.65. The van der Waals surface area contributed by atoms with E-state index in [2.05, 4.69) is 131 Å². The van der Waals surface area contributed by atoms with Gasteiger partial charge in [-0.25, -0.2) is 9.97 Å². The van der Waals surface area contributed by atoms with Crippen molar-refractivity contribution < 1.29 is 0 Å². The highest BCUT2D eigenvalue weighted by atomic mass is 32.1. The van der Waals surface area contributed by atoms with Crippen LogP contribution in [0.25, 0.3) is 48.4 Å². The lowest BCUT2D eigenvalue weighted by Crippen LogP contribution is -2.12. The molecule has 204 valence electrons. The number of hydrogen-bond acceptors (Lipinski definition) is 4. The van der Waals surface area contributed by atoms with E-state index in [1.807, 2.05) is 12.3 Å². The van der Waals surface area contributed by atoms with Gasteiger partial charge in [0.05, 0.1) is 26.9 Å². The molecule has 0 N–H and O–H groups in total. The first kappa shape index (κ1) is 24.3. The molecule has 0 spiro atoms. The summed E-state index contributed by atoms with van der Waals surface area (Å²) >= 11 is 1.75. The standard InChI is InChI=1S/C38H26N4S/c1-4-12-32-25(9-1)16-17-26-18-19-27(38-40-31-11-3-6-14-36(31)43-38)23-34(26)41(32)28-20-21-30-29-10-2-5-13-33(29)42(35(30)24-28)37-15-7-8-22-39-37/h1-15,18-24H,16-17H2. The first-order valence-corrected chi connectivity index (χ1v) is 15.4. The monoisotopic (exact) mass is 570 g/mol. The first-order chi connectivity index (χ1) is 21.3. The summed E-state index contributed by atoms with van der Waals surface area (Å²) in [5.41, 5.74) is 10.7. The van der Waals surface area contributed by atoms with Crippen LogP contribution in [0, 0.1) is 0 Å². The molecule has 1 aliphatic rings. The predicted octanol–water partition coefficient (Wildman–Crippen LogP) is 10.0. The molecule has 3 aromatic heterocycles. The molecule has 0 radical (unpaired) electrons. The summed E-state index contributed by atoms with van der Waals surface area (Å²) in [7, 11) is 0. The molecule has 0 unspecified atom stereocenters. The number of pyridine rings is 1. The molecule has 0 atom stereocenters. The predicted molar refractivity (Wildman–Crippen MR) is 179 cm³/mol. The van der Waals surface area contributed by atoms with Crippen LogP contribution in [-0.4, -0.2) is 14.5 Å². The maximum atomic E-state index is 5.00. The van der Waals surface area contributed by atoms with Crippen molar-refractivity contribution in [2.45, 2.75) is 12.8 Å². The number of benzene rings is 5. The number of anilines is 3. The van der Waals surface area contributed by atoms with Gasteiger partial charge in [0.2, 0.25) is 0 Å². The third-order valence-electron chi connectivity index (χ3n) is 8.56. The minimum atomic E-state index is 0.917. The summed E-state index contributed by atoms with van der Waals surface area (Å²) in [6, 6.07) is 45.7. The molecule has 0 amide bonds. The zero-order valence-electron chi connectivity index (χ0n) is 23.3. The van der Waals surface area contributed by atoms with Crippen molar-refractivity contribution in [1.29, 1.82) is 0 Å². The van der Waals surface area contributed by atoms with Gasteiger partial charge in [-0.15, -0.1) is 11.3 Å². The van der Waals surface area contributed by atoms with E-state index >= 15 is 0 Å². The molecule has 0 aliphatic carbocycles. The lowest BCUT2D eigenvalue weighted by molar-refractivity contribution is 0.978. The smallest absolute Gasteiger partial charge is 0.137 e. The van der Waals surface area contributed by atoms with Gasteiger partial charge in [0.25, 0.3) is 0 Å². The average Bonchev–Trinajstić information content (AvgIpc) is 3.59. The second-order valence-corrected chi connectivity index (χ2v) is 12.1. The van der Waals surface area contributed by atoms with Gasteiger partial charge >= 0.3 is 0 Å². The lowest BCUT2D eigenvalue weighted by atomic mass is 10.0. The molecule has 0 saturated heterocycles. The topological polar surface area (TPSA) is 34.0 Å². The van der Waals surface area contributed by atoms with Gasteiger partial charge in [0.1, 0.15) is 10.8 Å². The van der Waals surface area contributed by atoms with Crippen molar-refractivity contribution in [2.75, 3.05) is 4.90 Å². The highest BCUT2D eigenvalue weighted by Gasteiger charge is 2.24. The molecular formula is C38H26N4S. The number of nitrogens with zero attached hydrogens (tertiary/aromatic N) is 4. The summed E-state index contributed by atoms with van der Waals surface area (Å²) in [6.45, 7) is 0. The summed E-state index contributed by atoms with van der Waals surface area (Å²) in [6.07, 6.45) is 3.85. The normalized spacial score (nSPS) is 12.9. The minimum Gasteiger partial charge on any atom is -0.310 e. The van der Waals surface area contributed by atoms with Crippen molar-refractivity contribution in [3.05, 3.63) is 145 Å². The first-order valence-electron chi connectivity index (χ1n) is 14.6. The van der Waals surface area contributed by atoms with Gasteiger partial charge in [-0.2, -0.15) is 0 Å². The minimum absolute atomic E-state index is 0.917. The molecule has 0 bridgehead atoms. The average molecular weight is 571 g/mol. The Kier molecular flexibility index (Phi) is 5.46. The summed E-state index contributed by atoms with van der Waals surface area (Å²) in [4.78, 5) is 12.2. The Bertz CT molecular complexity index is 2280. The van der Waals surface area contributed by atoms with Crippen molar-refractivity contribution >= 4 is 60.4 Å². The van der Waals surface area contributed by atoms with Crippen molar-refractivity contribution in [2.24, 2.45) is 0 Å². The van der Waals surface area contributed by atoms with Crippen molar-refractivity contribution in [3.8, 4) is 16.4 Å². The van der Waals surface area contributed by atoms with Crippen LogP contribution in [0.15, 0.2) is 134 Å². The summed E-state index contributed by atoms with van der Waals surface area (Å²) in [5.74, 6) is 0.917. The Morgan fingerprint density at radius 3 is 2.30 bits per heavy atom. The number of rotatable bonds is 3. The molecule has 5 aromatic carbocycles. The van der Waals surface area contributed by atoms with E-state index in [0.717, 1.165) is 51.5 Å². The molecule has 0 fully saturated rings. The Morgan fingerprint density at radius 2 is 1.40 bits per heavy atom. The molecule has 5 heteroatoms. The summed E-state index contributed by atoms with van der Waals surface area (Å²) in [5, 5.41) is 3.49. The zero-order chi connectivity index (χ0) is 28.3. The molecule has 4 nitrogen and oxygen atoms in total. The quantitative estimate of drug-likeness (QED) is 0.212. The van der Waals surface area contributed by atoms with E-state index in [9.17, 15) is 0 Å². The third-order valence-corrected chi connectivity index (χ3v) is 9.64. The Morgan fingerprint density at radius 1 is 0.605 bits per heavy atom. The van der Waals surface area contributed by atoms with Crippen LogP contribution in [0.2, 0.25) is 0 Å². The molecule has 8 aromatic rings. The maximum Gasteiger partial charge on any atom is 0.137 e. The number of para-hydroxylation sites is 3. The Labute approximate surface area is 253 Å². The van der Waals surface area contributed by atoms with E-state index < -0.39 is 0 Å². The van der Waals surface area contributed by atoms with Gasteiger partial charge < -0.3 is 4.90 Å². The van der Waals surface area contributed by atoms with Gasteiger partial charge in [0.15, 0.2) is 0 Å². The fourth-order valence-corrected chi connectivity index (χ4v) is 7.52. The van der Waals surface area contributed by atoms with E-state index in [1.165, 1.54) is 38.0 Å². The van der Waals surface area contributed by atoms with Crippen LogP contribution in [0.3, 0.4) is 0 Å². The van der Waals surface area contributed by atoms with Crippen LogP contribution in [0.1, 0.15) is 11.1 Å². The molecule has 43 heavy (non-hydrogen) atoms. The Balaban J connectivity index is 1.30. The highest BCUT2D eigenvalue weighted by molar-refractivity contribution is 7.21. The lowest BCUT2D eigenvalue weighted by Gasteiger charge is -2.28. The third kappa shape index (κ3) is 3.89. The number of aromatic nitrogens is 3. The Hall–Kier alpha value is -5.26. The van der Waals surface area contributed by atoms with Crippen LogP contribution in [-0.2, 0) is 12.8 Å². The number of thiazole rings is 1. The number of aryl methyl sites for hydroxylation is 2. The molecule has 9 rings (SSSR count). The van der Waals surface area contributed by atoms with Gasteiger partial charge in [-0.1, -0.05) is 72.8 Å². The highest BCUT2D eigenvalue weighted by Crippen LogP contribution is 2.45. The van der Waals surface area contributed by atoms with Crippen LogP contribution in [0.4, 0.5) is 17.1 Å². The summed E-state index contributed by atoms with van der Waals surface area (Å²) < 4.78 is 3.50. The van der Waals surface area contributed by atoms with Crippen LogP contribution in [0.5, 0.6) is 0 Å². The SMILES string of the molecule is c1ccc(-n2c3ccccc3c3ccc(N4c5ccccc5CCc5ccc(-c6nc7ccccc7s6)cc54)cc32)nc1. The van der Waals surface area contributed by atoms with E-state index in [4.69, 9.17) is 9.97 Å². The van der Waals surface area contributed by atoms with Crippen LogP contribution < -0.4 is 4.90 Å². The molecule has 1 aliphatic heterocycles. The maximum absolute atomic E-state index is 5.00. The molecular weight excluding hydrogens is 545 g/mol. The second-order valence-electron chi connectivity index (χ2n) is 11.0.